The summed E-state index contributed by atoms with van der Waals surface area (Å²) in [5.41, 5.74) is 0.333. The highest BCUT2D eigenvalue weighted by atomic mass is 127. The Kier molecular flexibility index (Phi) is 4.63. The average Bonchev–Trinajstić information content (AvgIpc) is 2.09. The molecule has 1 rings (SSSR count). The summed E-state index contributed by atoms with van der Waals surface area (Å²) < 4.78 is 1.62. The van der Waals surface area contributed by atoms with Crippen LogP contribution in [0, 0.1) is 7.14 Å². The van der Waals surface area contributed by atoms with Crippen molar-refractivity contribution in [1.82, 2.24) is 5.32 Å². The number of rotatable bonds is 2. The highest BCUT2D eigenvalue weighted by Gasteiger charge is 2.15. The lowest BCUT2D eigenvalue weighted by Gasteiger charge is -2.10. The first kappa shape index (κ1) is 13.0. The van der Waals surface area contributed by atoms with Crippen LogP contribution < -0.4 is 5.32 Å². The van der Waals surface area contributed by atoms with E-state index in [-0.39, 0.29) is 17.7 Å². The van der Waals surface area contributed by atoms with E-state index in [1.165, 1.54) is 0 Å². The standard InChI is InChI=1S/C10H11I2NO2/c1-5(2)13-10(15)7-3-6(11)4-8(12)9(7)14/h3-5,14H,1-2H3,(H,13,15). The molecular weight excluding hydrogens is 420 g/mol. The first-order valence-electron chi connectivity index (χ1n) is 4.40. The van der Waals surface area contributed by atoms with E-state index in [9.17, 15) is 9.90 Å². The number of carbonyl (C=O) groups is 1. The molecule has 0 heterocycles. The number of amides is 1. The lowest BCUT2D eigenvalue weighted by Crippen LogP contribution is -2.30. The average molecular weight is 431 g/mol. The van der Waals surface area contributed by atoms with Crippen LogP contribution in [0.25, 0.3) is 0 Å². The summed E-state index contributed by atoms with van der Waals surface area (Å²) in [6.07, 6.45) is 0. The zero-order valence-corrected chi connectivity index (χ0v) is 12.7. The van der Waals surface area contributed by atoms with Crippen molar-refractivity contribution in [2.24, 2.45) is 0 Å². The van der Waals surface area contributed by atoms with Gasteiger partial charge in [0.25, 0.3) is 5.91 Å². The Bertz CT molecular complexity index is 391. The van der Waals surface area contributed by atoms with Crippen LogP contribution in [0.2, 0.25) is 0 Å². The van der Waals surface area contributed by atoms with Gasteiger partial charge < -0.3 is 10.4 Å². The summed E-state index contributed by atoms with van der Waals surface area (Å²) in [5.74, 6) is -0.187. The van der Waals surface area contributed by atoms with Crippen molar-refractivity contribution in [2.45, 2.75) is 19.9 Å². The van der Waals surface area contributed by atoms with Crippen LogP contribution in [0.5, 0.6) is 5.75 Å². The van der Waals surface area contributed by atoms with E-state index in [1.54, 1.807) is 6.07 Å². The van der Waals surface area contributed by atoms with Gasteiger partial charge in [-0.25, -0.2) is 0 Å². The molecule has 0 aliphatic carbocycles. The van der Waals surface area contributed by atoms with Crippen LogP contribution in [0.3, 0.4) is 0 Å². The minimum Gasteiger partial charge on any atom is -0.506 e. The van der Waals surface area contributed by atoms with Gasteiger partial charge >= 0.3 is 0 Å². The minimum absolute atomic E-state index is 0.0502. The minimum atomic E-state index is -0.237. The number of phenolic OH excluding ortho intramolecular Hbond substituents is 1. The van der Waals surface area contributed by atoms with Gasteiger partial charge in [0.05, 0.1) is 9.13 Å². The summed E-state index contributed by atoms with van der Waals surface area (Å²) in [5, 5.41) is 12.5. The van der Waals surface area contributed by atoms with Crippen LogP contribution in [-0.2, 0) is 0 Å². The van der Waals surface area contributed by atoms with E-state index in [2.05, 4.69) is 27.9 Å². The zero-order valence-electron chi connectivity index (χ0n) is 8.34. The normalized spacial score (nSPS) is 10.5. The van der Waals surface area contributed by atoms with Gasteiger partial charge in [-0.05, 0) is 71.2 Å². The van der Waals surface area contributed by atoms with E-state index in [0.717, 1.165) is 3.57 Å². The Morgan fingerprint density at radius 2 is 2.00 bits per heavy atom. The molecule has 0 radical (unpaired) electrons. The van der Waals surface area contributed by atoms with Crippen molar-refractivity contribution in [2.75, 3.05) is 0 Å². The van der Waals surface area contributed by atoms with E-state index >= 15 is 0 Å². The number of carbonyl (C=O) groups excluding carboxylic acids is 1. The number of benzene rings is 1. The number of halogens is 2. The van der Waals surface area contributed by atoms with Crippen LogP contribution >= 0.6 is 45.2 Å². The van der Waals surface area contributed by atoms with E-state index in [0.29, 0.717) is 9.13 Å². The molecule has 82 valence electrons. The maximum Gasteiger partial charge on any atom is 0.255 e. The smallest absolute Gasteiger partial charge is 0.255 e. The summed E-state index contributed by atoms with van der Waals surface area (Å²) in [4.78, 5) is 11.7. The predicted octanol–water partition coefficient (Wildman–Crippen LogP) is 2.74. The predicted molar refractivity (Wildman–Crippen MR) is 76.1 cm³/mol. The highest BCUT2D eigenvalue weighted by Crippen LogP contribution is 2.26. The highest BCUT2D eigenvalue weighted by molar-refractivity contribution is 14.1. The first-order valence-corrected chi connectivity index (χ1v) is 6.56. The van der Waals surface area contributed by atoms with Crippen molar-refractivity contribution in [3.8, 4) is 5.75 Å². The molecule has 1 aromatic rings. The molecule has 2 N–H and O–H groups in total. The van der Waals surface area contributed by atoms with Crippen molar-refractivity contribution in [1.29, 1.82) is 0 Å². The van der Waals surface area contributed by atoms with Gasteiger partial charge in [0.15, 0.2) is 0 Å². The number of phenols is 1. The monoisotopic (exact) mass is 431 g/mol. The lowest BCUT2D eigenvalue weighted by molar-refractivity contribution is 0.0940. The maximum atomic E-state index is 11.7. The molecule has 1 aromatic carbocycles. The zero-order chi connectivity index (χ0) is 11.6. The van der Waals surface area contributed by atoms with Crippen LogP contribution in [-0.4, -0.2) is 17.1 Å². The Labute approximate surface area is 116 Å². The molecule has 0 fully saturated rings. The Hall–Kier alpha value is -0.0500. The third-order valence-electron chi connectivity index (χ3n) is 1.69. The molecule has 15 heavy (non-hydrogen) atoms. The van der Waals surface area contributed by atoms with Crippen LogP contribution in [0.1, 0.15) is 24.2 Å². The molecular formula is C10H11I2NO2. The van der Waals surface area contributed by atoms with Crippen LogP contribution in [0.15, 0.2) is 12.1 Å². The van der Waals surface area contributed by atoms with Gasteiger partial charge in [0.1, 0.15) is 5.75 Å². The Balaban J connectivity index is 3.08. The largest absolute Gasteiger partial charge is 0.506 e. The first-order chi connectivity index (χ1) is 6.91. The molecule has 0 aromatic heterocycles. The summed E-state index contributed by atoms with van der Waals surface area (Å²) in [6.45, 7) is 3.77. The van der Waals surface area contributed by atoms with Gasteiger partial charge in [0.2, 0.25) is 0 Å². The third kappa shape index (κ3) is 3.47. The Morgan fingerprint density at radius 3 is 2.53 bits per heavy atom. The number of hydrogen-bond acceptors (Lipinski definition) is 2. The van der Waals surface area contributed by atoms with Crippen molar-refractivity contribution in [3.63, 3.8) is 0 Å². The maximum absolute atomic E-state index is 11.7. The fraction of sp³-hybridized carbons (Fsp3) is 0.300. The number of hydrogen-bond donors (Lipinski definition) is 2. The topological polar surface area (TPSA) is 49.3 Å². The molecule has 0 aliphatic heterocycles. The van der Waals surface area contributed by atoms with Gasteiger partial charge in [0, 0.05) is 9.61 Å². The SMILES string of the molecule is CC(C)NC(=O)c1cc(I)cc(I)c1O. The van der Waals surface area contributed by atoms with Crippen molar-refractivity contribution >= 4 is 51.1 Å². The lowest BCUT2D eigenvalue weighted by atomic mass is 10.2. The van der Waals surface area contributed by atoms with E-state index in [1.807, 2.05) is 42.5 Å². The molecule has 0 saturated heterocycles. The second-order valence-electron chi connectivity index (χ2n) is 3.41. The molecule has 0 spiro atoms. The molecule has 1 amide bonds. The number of nitrogens with one attached hydrogen (secondary N) is 1. The second-order valence-corrected chi connectivity index (χ2v) is 5.82. The van der Waals surface area contributed by atoms with Gasteiger partial charge in [-0.3, -0.25) is 4.79 Å². The van der Waals surface area contributed by atoms with Gasteiger partial charge in [-0.2, -0.15) is 0 Å². The fourth-order valence-electron chi connectivity index (χ4n) is 1.08. The second kappa shape index (κ2) is 5.33. The molecule has 0 saturated carbocycles. The number of aromatic hydroxyl groups is 1. The van der Waals surface area contributed by atoms with Gasteiger partial charge in [-0.1, -0.05) is 0 Å². The van der Waals surface area contributed by atoms with E-state index < -0.39 is 0 Å². The van der Waals surface area contributed by atoms with Crippen molar-refractivity contribution in [3.05, 3.63) is 24.8 Å². The Morgan fingerprint density at radius 1 is 1.40 bits per heavy atom. The quantitative estimate of drug-likeness (QED) is 0.709. The molecule has 0 atom stereocenters. The molecule has 3 nitrogen and oxygen atoms in total. The van der Waals surface area contributed by atoms with Crippen LogP contribution in [0.4, 0.5) is 0 Å². The molecule has 0 unspecified atom stereocenters. The summed E-state index contributed by atoms with van der Waals surface area (Å²) >= 11 is 4.13. The fourth-order valence-corrected chi connectivity index (χ4v) is 2.92. The molecule has 0 bridgehead atoms. The van der Waals surface area contributed by atoms with Crippen molar-refractivity contribution < 1.29 is 9.90 Å². The van der Waals surface area contributed by atoms with E-state index in [4.69, 9.17) is 0 Å². The molecule has 5 heteroatoms. The summed E-state index contributed by atoms with van der Waals surface area (Å²) in [7, 11) is 0. The summed E-state index contributed by atoms with van der Waals surface area (Å²) in [6, 6.07) is 3.56. The third-order valence-corrected chi connectivity index (χ3v) is 3.14. The molecule has 0 aliphatic rings. The van der Waals surface area contributed by atoms with Gasteiger partial charge in [-0.15, -0.1) is 0 Å².